The first-order valence-corrected chi connectivity index (χ1v) is 7.88. The van der Waals surface area contributed by atoms with Crippen LogP contribution in [0.5, 0.6) is 0 Å². The summed E-state index contributed by atoms with van der Waals surface area (Å²) in [4.78, 5) is 0. The number of thioether (sulfide) groups is 1. The molecule has 5 nitrogen and oxygen atoms in total. The minimum atomic E-state index is -3.39. The van der Waals surface area contributed by atoms with Crippen LogP contribution in [0.15, 0.2) is 0 Å². The van der Waals surface area contributed by atoms with Crippen molar-refractivity contribution in [3.05, 3.63) is 0 Å². The van der Waals surface area contributed by atoms with Crippen LogP contribution in [-0.4, -0.2) is 43.7 Å². The molecule has 0 aliphatic rings. The molecule has 0 aliphatic carbocycles. The lowest BCUT2D eigenvalue weighted by Crippen LogP contribution is -2.47. The van der Waals surface area contributed by atoms with Crippen molar-refractivity contribution < 1.29 is 13.5 Å². The Kier molecular flexibility index (Phi) is 7.58. The number of aliphatic hydroxyl groups excluding tert-OH is 1. The van der Waals surface area contributed by atoms with E-state index in [2.05, 4.69) is 9.44 Å². The van der Waals surface area contributed by atoms with Crippen LogP contribution in [0.4, 0.5) is 0 Å². The standard InChI is InChI=1S/C9H22N2O3S2/c1-9(2,3)11-16(13,14)10-5-8-15-7-4-6-12/h10-12H,4-8H2,1-3H3. The van der Waals surface area contributed by atoms with E-state index in [1.54, 1.807) is 32.5 Å². The average molecular weight is 270 g/mol. The molecular formula is C9H22N2O3S2. The van der Waals surface area contributed by atoms with Gasteiger partial charge in [0.25, 0.3) is 10.2 Å². The second-order valence-corrected chi connectivity index (χ2v) is 7.16. The Morgan fingerprint density at radius 1 is 1.25 bits per heavy atom. The Balaban J connectivity index is 3.68. The van der Waals surface area contributed by atoms with Gasteiger partial charge in [-0.1, -0.05) is 0 Å². The van der Waals surface area contributed by atoms with E-state index < -0.39 is 15.7 Å². The van der Waals surface area contributed by atoms with Crippen LogP contribution in [0.25, 0.3) is 0 Å². The van der Waals surface area contributed by atoms with E-state index in [1.807, 2.05) is 0 Å². The number of hydrogen-bond donors (Lipinski definition) is 3. The molecule has 0 unspecified atom stereocenters. The quantitative estimate of drug-likeness (QED) is 0.555. The van der Waals surface area contributed by atoms with Crippen molar-refractivity contribution in [3.63, 3.8) is 0 Å². The maximum Gasteiger partial charge on any atom is 0.277 e. The largest absolute Gasteiger partial charge is 0.396 e. The van der Waals surface area contributed by atoms with Crippen LogP contribution in [0, 0.1) is 0 Å². The van der Waals surface area contributed by atoms with Gasteiger partial charge in [-0.05, 0) is 32.9 Å². The fraction of sp³-hybridized carbons (Fsp3) is 1.00. The molecule has 0 fully saturated rings. The minimum absolute atomic E-state index is 0.185. The van der Waals surface area contributed by atoms with Gasteiger partial charge in [0.2, 0.25) is 0 Å². The molecule has 0 atom stereocenters. The van der Waals surface area contributed by atoms with Crippen molar-refractivity contribution in [2.75, 3.05) is 24.7 Å². The summed E-state index contributed by atoms with van der Waals surface area (Å²) in [5.74, 6) is 1.57. The summed E-state index contributed by atoms with van der Waals surface area (Å²) in [6.07, 6.45) is 0.748. The molecule has 0 radical (unpaired) electrons. The number of aliphatic hydroxyl groups is 1. The molecule has 3 N–H and O–H groups in total. The third kappa shape index (κ3) is 10.7. The maximum atomic E-state index is 11.5. The minimum Gasteiger partial charge on any atom is -0.396 e. The molecule has 0 aromatic heterocycles. The van der Waals surface area contributed by atoms with E-state index in [-0.39, 0.29) is 6.61 Å². The van der Waals surface area contributed by atoms with Gasteiger partial charge in [-0.3, -0.25) is 0 Å². The summed E-state index contributed by atoms with van der Waals surface area (Å²) >= 11 is 1.62. The summed E-state index contributed by atoms with van der Waals surface area (Å²) in [6, 6.07) is 0. The Morgan fingerprint density at radius 3 is 2.38 bits per heavy atom. The van der Waals surface area contributed by atoms with Gasteiger partial charge in [0, 0.05) is 24.4 Å². The fourth-order valence-electron chi connectivity index (χ4n) is 0.956. The van der Waals surface area contributed by atoms with Crippen LogP contribution in [0.3, 0.4) is 0 Å². The lowest BCUT2D eigenvalue weighted by Gasteiger charge is -2.20. The summed E-state index contributed by atoms with van der Waals surface area (Å²) in [7, 11) is -3.39. The Hall–Kier alpha value is 0.180. The lowest BCUT2D eigenvalue weighted by molar-refractivity contribution is 0.296. The third-order valence-electron chi connectivity index (χ3n) is 1.43. The highest BCUT2D eigenvalue weighted by molar-refractivity contribution is 7.99. The molecule has 0 aromatic carbocycles. The highest BCUT2D eigenvalue weighted by atomic mass is 32.2. The van der Waals surface area contributed by atoms with Gasteiger partial charge in [-0.2, -0.15) is 24.9 Å². The predicted molar refractivity (Wildman–Crippen MR) is 68.8 cm³/mol. The Morgan fingerprint density at radius 2 is 1.88 bits per heavy atom. The fourth-order valence-corrected chi connectivity index (χ4v) is 3.12. The predicted octanol–water partition coefficient (Wildman–Crippen LogP) is 0.324. The van der Waals surface area contributed by atoms with Gasteiger partial charge in [-0.25, -0.2) is 4.72 Å². The van der Waals surface area contributed by atoms with Crippen molar-refractivity contribution in [1.29, 1.82) is 0 Å². The smallest absolute Gasteiger partial charge is 0.277 e. The van der Waals surface area contributed by atoms with E-state index in [9.17, 15) is 8.42 Å². The normalized spacial score (nSPS) is 13.0. The van der Waals surface area contributed by atoms with Crippen molar-refractivity contribution in [2.45, 2.75) is 32.7 Å². The van der Waals surface area contributed by atoms with Crippen molar-refractivity contribution in [3.8, 4) is 0 Å². The van der Waals surface area contributed by atoms with E-state index in [0.717, 1.165) is 12.2 Å². The molecule has 0 spiro atoms. The zero-order chi connectivity index (χ0) is 12.7. The number of rotatable bonds is 8. The zero-order valence-electron chi connectivity index (χ0n) is 10.1. The second kappa shape index (κ2) is 7.50. The van der Waals surface area contributed by atoms with Crippen molar-refractivity contribution >= 4 is 22.0 Å². The molecule has 0 amide bonds. The first kappa shape index (κ1) is 16.2. The summed E-state index contributed by atoms with van der Waals surface area (Å²) in [5, 5.41) is 8.54. The van der Waals surface area contributed by atoms with Gasteiger partial charge in [0.05, 0.1) is 0 Å². The topological polar surface area (TPSA) is 78.4 Å². The number of nitrogens with one attached hydrogen (secondary N) is 2. The van der Waals surface area contributed by atoms with Crippen LogP contribution in [-0.2, 0) is 10.2 Å². The molecule has 0 saturated heterocycles. The number of hydrogen-bond acceptors (Lipinski definition) is 4. The van der Waals surface area contributed by atoms with Crippen molar-refractivity contribution in [2.24, 2.45) is 0 Å². The Labute approximate surface area is 103 Å². The molecule has 0 rings (SSSR count). The Bertz CT molecular complexity index is 273. The van der Waals surface area contributed by atoms with Crippen molar-refractivity contribution in [1.82, 2.24) is 9.44 Å². The maximum absolute atomic E-state index is 11.5. The van der Waals surface area contributed by atoms with Crippen LogP contribution in [0.2, 0.25) is 0 Å². The molecule has 16 heavy (non-hydrogen) atoms. The van der Waals surface area contributed by atoms with Gasteiger partial charge in [0.1, 0.15) is 0 Å². The van der Waals surface area contributed by atoms with Gasteiger partial charge in [-0.15, -0.1) is 0 Å². The van der Waals surface area contributed by atoms with Gasteiger partial charge in [0.15, 0.2) is 0 Å². The molecule has 0 aliphatic heterocycles. The molecule has 0 saturated carbocycles. The molecule has 98 valence electrons. The van der Waals surface area contributed by atoms with E-state index >= 15 is 0 Å². The monoisotopic (exact) mass is 270 g/mol. The van der Waals surface area contributed by atoms with Crippen LogP contribution in [0.1, 0.15) is 27.2 Å². The molecule has 0 aromatic rings. The van der Waals surface area contributed by atoms with E-state index in [1.165, 1.54) is 0 Å². The molecule has 0 heterocycles. The van der Waals surface area contributed by atoms with E-state index in [0.29, 0.717) is 12.3 Å². The summed E-state index contributed by atoms with van der Waals surface area (Å²) < 4.78 is 27.9. The lowest BCUT2D eigenvalue weighted by atomic mass is 10.1. The summed E-state index contributed by atoms with van der Waals surface area (Å²) in [5.41, 5.74) is -0.462. The zero-order valence-corrected chi connectivity index (χ0v) is 11.7. The first-order chi connectivity index (χ1) is 7.27. The van der Waals surface area contributed by atoms with E-state index in [4.69, 9.17) is 5.11 Å². The average Bonchev–Trinajstić information content (AvgIpc) is 2.06. The molecule has 0 bridgehead atoms. The molecule has 7 heteroatoms. The SMILES string of the molecule is CC(C)(C)NS(=O)(=O)NCCSCCCO. The summed E-state index contributed by atoms with van der Waals surface area (Å²) in [6.45, 7) is 5.97. The van der Waals surface area contributed by atoms with Gasteiger partial charge < -0.3 is 5.11 Å². The molecular weight excluding hydrogens is 248 g/mol. The first-order valence-electron chi connectivity index (χ1n) is 5.24. The highest BCUT2D eigenvalue weighted by Crippen LogP contribution is 2.02. The second-order valence-electron chi connectivity index (χ2n) is 4.44. The van der Waals surface area contributed by atoms with Crippen LogP contribution < -0.4 is 9.44 Å². The van der Waals surface area contributed by atoms with Crippen LogP contribution >= 0.6 is 11.8 Å². The highest BCUT2D eigenvalue weighted by Gasteiger charge is 2.18. The van der Waals surface area contributed by atoms with Gasteiger partial charge >= 0.3 is 0 Å². The third-order valence-corrected chi connectivity index (χ3v) is 3.96.